The SMILES string of the molecule is CCC(C)C(NC(=O)c1cccc(S(=O)(=O)NCC2CC2)c1)C(=O)O. The van der Waals surface area contributed by atoms with Crippen molar-refractivity contribution in [3.8, 4) is 0 Å². The number of nitrogens with one attached hydrogen (secondary N) is 2. The Labute approximate surface area is 147 Å². The molecular weight excluding hydrogens is 344 g/mol. The average molecular weight is 368 g/mol. The van der Waals surface area contributed by atoms with Crippen molar-refractivity contribution < 1.29 is 23.1 Å². The maximum atomic E-state index is 12.3. The normalized spacial score (nSPS) is 16.9. The summed E-state index contributed by atoms with van der Waals surface area (Å²) in [5, 5.41) is 11.7. The van der Waals surface area contributed by atoms with E-state index in [1.807, 2.05) is 6.92 Å². The second-order valence-corrected chi connectivity index (χ2v) is 8.26. The molecule has 1 aliphatic rings. The molecule has 8 heteroatoms. The predicted molar refractivity (Wildman–Crippen MR) is 92.7 cm³/mol. The van der Waals surface area contributed by atoms with Crippen molar-refractivity contribution in [2.75, 3.05) is 6.54 Å². The first-order chi connectivity index (χ1) is 11.7. The third-order valence-corrected chi connectivity index (χ3v) is 5.85. The summed E-state index contributed by atoms with van der Waals surface area (Å²) in [5.41, 5.74) is 0.115. The van der Waals surface area contributed by atoms with Crippen molar-refractivity contribution in [2.45, 2.75) is 44.0 Å². The number of carboxylic acids is 1. The fourth-order valence-corrected chi connectivity index (χ4v) is 3.51. The first-order valence-electron chi connectivity index (χ1n) is 8.38. The lowest BCUT2D eigenvalue weighted by molar-refractivity contribution is -0.140. The second-order valence-electron chi connectivity index (χ2n) is 6.50. The zero-order chi connectivity index (χ0) is 18.6. The number of hydrogen-bond acceptors (Lipinski definition) is 4. The molecule has 0 bridgehead atoms. The van der Waals surface area contributed by atoms with E-state index in [1.165, 1.54) is 24.3 Å². The van der Waals surface area contributed by atoms with Crippen LogP contribution in [0.4, 0.5) is 0 Å². The molecule has 2 unspecified atom stereocenters. The molecule has 138 valence electrons. The molecular formula is C17H24N2O5S. The van der Waals surface area contributed by atoms with Gasteiger partial charge in [0.15, 0.2) is 0 Å². The van der Waals surface area contributed by atoms with Crippen molar-refractivity contribution in [2.24, 2.45) is 11.8 Å². The fraction of sp³-hybridized carbons (Fsp3) is 0.529. The average Bonchev–Trinajstić information content (AvgIpc) is 3.41. The van der Waals surface area contributed by atoms with Gasteiger partial charge in [-0.2, -0.15) is 0 Å². The van der Waals surface area contributed by atoms with Crippen LogP contribution in [-0.4, -0.2) is 38.0 Å². The highest BCUT2D eigenvalue weighted by Crippen LogP contribution is 2.28. The summed E-state index contributed by atoms with van der Waals surface area (Å²) < 4.78 is 27.1. The molecule has 0 aromatic heterocycles. The van der Waals surface area contributed by atoms with E-state index in [2.05, 4.69) is 10.0 Å². The highest BCUT2D eigenvalue weighted by molar-refractivity contribution is 7.89. The summed E-state index contributed by atoms with van der Waals surface area (Å²) in [6.07, 6.45) is 2.64. The molecule has 1 fully saturated rings. The van der Waals surface area contributed by atoms with E-state index >= 15 is 0 Å². The highest BCUT2D eigenvalue weighted by atomic mass is 32.2. The van der Waals surface area contributed by atoms with Crippen molar-refractivity contribution in [1.82, 2.24) is 10.0 Å². The molecule has 3 N–H and O–H groups in total. The Bertz CT molecular complexity index is 743. The number of carbonyl (C=O) groups is 2. The van der Waals surface area contributed by atoms with Crippen LogP contribution in [0, 0.1) is 11.8 Å². The van der Waals surface area contributed by atoms with Crippen molar-refractivity contribution in [1.29, 1.82) is 0 Å². The minimum atomic E-state index is -3.68. The molecule has 0 saturated heterocycles. The summed E-state index contributed by atoms with van der Waals surface area (Å²) in [4.78, 5) is 23.7. The van der Waals surface area contributed by atoms with Gasteiger partial charge < -0.3 is 10.4 Å². The molecule has 0 heterocycles. The molecule has 2 rings (SSSR count). The summed E-state index contributed by atoms with van der Waals surface area (Å²) >= 11 is 0. The molecule has 7 nitrogen and oxygen atoms in total. The van der Waals surface area contributed by atoms with Gasteiger partial charge in [0.2, 0.25) is 10.0 Å². The number of hydrogen-bond donors (Lipinski definition) is 3. The Morgan fingerprint density at radius 1 is 1.32 bits per heavy atom. The van der Waals surface area contributed by atoms with Gasteiger partial charge in [0.05, 0.1) is 4.90 Å². The maximum Gasteiger partial charge on any atom is 0.326 e. The van der Waals surface area contributed by atoms with Gasteiger partial charge in [-0.15, -0.1) is 0 Å². The molecule has 0 aliphatic heterocycles. The van der Waals surface area contributed by atoms with E-state index in [9.17, 15) is 23.1 Å². The van der Waals surface area contributed by atoms with Crippen LogP contribution in [0.2, 0.25) is 0 Å². The zero-order valence-electron chi connectivity index (χ0n) is 14.4. The Morgan fingerprint density at radius 3 is 2.56 bits per heavy atom. The van der Waals surface area contributed by atoms with Gasteiger partial charge in [0.25, 0.3) is 5.91 Å². The lowest BCUT2D eigenvalue weighted by Gasteiger charge is -2.20. The number of aliphatic carboxylic acids is 1. The molecule has 1 saturated carbocycles. The Hall–Kier alpha value is -1.93. The lowest BCUT2D eigenvalue weighted by Crippen LogP contribution is -2.45. The second kappa shape index (κ2) is 7.97. The molecule has 0 radical (unpaired) electrons. The summed E-state index contributed by atoms with van der Waals surface area (Å²) in [6.45, 7) is 3.97. The highest BCUT2D eigenvalue weighted by Gasteiger charge is 2.27. The monoisotopic (exact) mass is 368 g/mol. The first-order valence-corrected chi connectivity index (χ1v) is 9.86. The van der Waals surface area contributed by atoms with Crippen LogP contribution in [0.5, 0.6) is 0 Å². The van der Waals surface area contributed by atoms with Gasteiger partial charge in [-0.05, 0) is 42.9 Å². The molecule has 1 amide bonds. The fourth-order valence-electron chi connectivity index (χ4n) is 2.35. The number of carboxylic acid groups (broad SMARTS) is 1. The number of benzene rings is 1. The van der Waals surface area contributed by atoms with Crippen LogP contribution in [0.25, 0.3) is 0 Å². The van der Waals surface area contributed by atoms with E-state index in [0.717, 1.165) is 12.8 Å². The van der Waals surface area contributed by atoms with Crippen LogP contribution in [0.3, 0.4) is 0 Å². The predicted octanol–water partition coefficient (Wildman–Crippen LogP) is 1.60. The number of sulfonamides is 1. The van der Waals surface area contributed by atoms with Crippen molar-refractivity contribution >= 4 is 21.9 Å². The standard InChI is InChI=1S/C17H24N2O5S/c1-3-11(2)15(17(21)22)19-16(20)13-5-4-6-14(9-13)25(23,24)18-10-12-7-8-12/h4-6,9,11-12,15,18H,3,7-8,10H2,1-2H3,(H,19,20)(H,21,22). The van der Waals surface area contributed by atoms with Gasteiger partial charge in [-0.3, -0.25) is 4.79 Å². The molecule has 1 aliphatic carbocycles. The third-order valence-electron chi connectivity index (χ3n) is 4.43. The Kier molecular flexibility index (Phi) is 6.18. The van der Waals surface area contributed by atoms with Gasteiger partial charge in [-0.1, -0.05) is 26.3 Å². The van der Waals surface area contributed by atoms with Gasteiger partial charge in [-0.25, -0.2) is 17.9 Å². The largest absolute Gasteiger partial charge is 0.480 e. The minimum Gasteiger partial charge on any atom is -0.480 e. The number of carbonyl (C=O) groups excluding carboxylic acids is 1. The van der Waals surface area contributed by atoms with E-state index in [0.29, 0.717) is 18.9 Å². The van der Waals surface area contributed by atoms with Crippen LogP contribution in [-0.2, 0) is 14.8 Å². The molecule has 1 aromatic carbocycles. The van der Waals surface area contributed by atoms with E-state index in [1.54, 1.807) is 6.92 Å². The van der Waals surface area contributed by atoms with Gasteiger partial charge >= 0.3 is 5.97 Å². The minimum absolute atomic E-state index is 0.00350. The van der Waals surface area contributed by atoms with Crippen LogP contribution in [0.15, 0.2) is 29.2 Å². The van der Waals surface area contributed by atoms with Gasteiger partial charge in [0, 0.05) is 12.1 Å². The topological polar surface area (TPSA) is 113 Å². The van der Waals surface area contributed by atoms with Crippen LogP contribution >= 0.6 is 0 Å². The van der Waals surface area contributed by atoms with Crippen molar-refractivity contribution in [3.63, 3.8) is 0 Å². The first kappa shape index (κ1) is 19.4. The zero-order valence-corrected chi connectivity index (χ0v) is 15.2. The van der Waals surface area contributed by atoms with E-state index in [-0.39, 0.29) is 16.4 Å². The maximum absolute atomic E-state index is 12.3. The smallest absolute Gasteiger partial charge is 0.326 e. The Morgan fingerprint density at radius 2 is 2.00 bits per heavy atom. The quantitative estimate of drug-likeness (QED) is 0.613. The van der Waals surface area contributed by atoms with Crippen molar-refractivity contribution in [3.05, 3.63) is 29.8 Å². The summed E-state index contributed by atoms with van der Waals surface area (Å²) in [7, 11) is -3.68. The van der Waals surface area contributed by atoms with E-state index < -0.39 is 27.9 Å². The molecule has 0 spiro atoms. The van der Waals surface area contributed by atoms with E-state index in [4.69, 9.17) is 0 Å². The molecule has 2 atom stereocenters. The van der Waals surface area contributed by atoms with Crippen LogP contribution < -0.4 is 10.0 Å². The summed E-state index contributed by atoms with van der Waals surface area (Å²) in [5.74, 6) is -1.56. The number of rotatable bonds is 9. The van der Waals surface area contributed by atoms with Gasteiger partial charge in [0.1, 0.15) is 6.04 Å². The van der Waals surface area contributed by atoms with Crippen LogP contribution in [0.1, 0.15) is 43.5 Å². The summed E-state index contributed by atoms with van der Waals surface area (Å²) in [6, 6.07) is 4.59. The molecule has 1 aromatic rings. The number of amides is 1. The third kappa shape index (κ3) is 5.27. The Balaban J connectivity index is 2.13. The molecule has 25 heavy (non-hydrogen) atoms. The lowest BCUT2D eigenvalue weighted by atomic mass is 9.99.